The summed E-state index contributed by atoms with van der Waals surface area (Å²) in [6.45, 7) is 0. The van der Waals surface area contributed by atoms with Gasteiger partial charge in [0.25, 0.3) is 0 Å². The second kappa shape index (κ2) is 4.01. The predicted molar refractivity (Wildman–Crippen MR) is 58.1 cm³/mol. The van der Waals surface area contributed by atoms with E-state index in [1.807, 2.05) is 12.1 Å². The Bertz CT molecular complexity index is 331. The fraction of sp³-hybridized carbons (Fsp3) is 0.500. The van der Waals surface area contributed by atoms with E-state index in [1.165, 1.54) is 18.4 Å². The van der Waals surface area contributed by atoms with E-state index in [0.29, 0.717) is 11.7 Å². The average molecular weight is 208 g/mol. The number of hydrogen-bond donors (Lipinski definition) is 0. The molecular formula is C12H16O3. The van der Waals surface area contributed by atoms with Crippen molar-refractivity contribution in [2.24, 2.45) is 0 Å². The van der Waals surface area contributed by atoms with E-state index in [-0.39, 0.29) is 0 Å². The summed E-state index contributed by atoms with van der Waals surface area (Å²) in [5.74, 6) is 2.85. The molecule has 0 N–H and O–H groups in total. The molecule has 1 aliphatic rings. The van der Waals surface area contributed by atoms with Crippen molar-refractivity contribution in [3.63, 3.8) is 0 Å². The van der Waals surface area contributed by atoms with Crippen molar-refractivity contribution < 1.29 is 14.2 Å². The summed E-state index contributed by atoms with van der Waals surface area (Å²) in [4.78, 5) is 0. The lowest BCUT2D eigenvalue weighted by molar-refractivity contribution is 0.324. The van der Waals surface area contributed by atoms with Crippen molar-refractivity contribution in [3.8, 4) is 17.2 Å². The van der Waals surface area contributed by atoms with Gasteiger partial charge in [0.05, 0.1) is 21.3 Å². The number of hydrogen-bond acceptors (Lipinski definition) is 3. The van der Waals surface area contributed by atoms with Crippen LogP contribution in [0, 0.1) is 0 Å². The van der Waals surface area contributed by atoms with Crippen LogP contribution in [-0.4, -0.2) is 21.3 Å². The highest BCUT2D eigenvalue weighted by Gasteiger charge is 2.26. The summed E-state index contributed by atoms with van der Waals surface area (Å²) in [6, 6.07) is 4.08. The van der Waals surface area contributed by atoms with Crippen molar-refractivity contribution in [2.75, 3.05) is 21.3 Å². The topological polar surface area (TPSA) is 27.7 Å². The molecule has 0 saturated heterocycles. The van der Waals surface area contributed by atoms with Crippen LogP contribution in [0.25, 0.3) is 0 Å². The van der Waals surface area contributed by atoms with Gasteiger partial charge in [-0.3, -0.25) is 0 Å². The van der Waals surface area contributed by atoms with Gasteiger partial charge in [0.2, 0.25) is 5.75 Å². The highest BCUT2D eigenvalue weighted by Crippen LogP contribution is 2.46. The Balaban J connectivity index is 2.45. The molecule has 0 unspecified atom stereocenters. The van der Waals surface area contributed by atoms with E-state index in [0.717, 1.165) is 11.5 Å². The van der Waals surface area contributed by atoms with Gasteiger partial charge in [-0.25, -0.2) is 0 Å². The molecule has 1 aromatic carbocycles. The zero-order valence-electron chi connectivity index (χ0n) is 9.37. The summed E-state index contributed by atoms with van der Waals surface area (Å²) >= 11 is 0. The first-order valence-corrected chi connectivity index (χ1v) is 5.10. The Morgan fingerprint density at radius 2 is 1.47 bits per heavy atom. The number of methoxy groups -OCH3 is 3. The molecule has 82 valence electrons. The lowest BCUT2D eigenvalue weighted by Crippen LogP contribution is -1.96. The van der Waals surface area contributed by atoms with Crippen LogP contribution in [-0.2, 0) is 0 Å². The van der Waals surface area contributed by atoms with Gasteiger partial charge < -0.3 is 14.2 Å². The molecule has 15 heavy (non-hydrogen) atoms. The van der Waals surface area contributed by atoms with Crippen LogP contribution in [0.1, 0.15) is 24.3 Å². The predicted octanol–water partition coefficient (Wildman–Crippen LogP) is 2.59. The summed E-state index contributed by atoms with van der Waals surface area (Å²) in [7, 11) is 4.92. The Kier molecular flexibility index (Phi) is 2.71. The SMILES string of the molecule is COc1cc(C2CC2)cc(OC)c1OC. The zero-order valence-corrected chi connectivity index (χ0v) is 9.37. The van der Waals surface area contributed by atoms with Crippen molar-refractivity contribution in [1.82, 2.24) is 0 Å². The lowest BCUT2D eigenvalue weighted by Gasteiger charge is -2.13. The molecule has 3 nitrogen and oxygen atoms in total. The maximum atomic E-state index is 5.29. The molecule has 0 aromatic heterocycles. The van der Waals surface area contributed by atoms with Crippen molar-refractivity contribution in [1.29, 1.82) is 0 Å². The van der Waals surface area contributed by atoms with Gasteiger partial charge in [0, 0.05) is 0 Å². The van der Waals surface area contributed by atoms with Crippen LogP contribution in [0.4, 0.5) is 0 Å². The van der Waals surface area contributed by atoms with E-state index in [9.17, 15) is 0 Å². The summed E-state index contributed by atoms with van der Waals surface area (Å²) in [5, 5.41) is 0. The first kappa shape index (κ1) is 10.1. The smallest absolute Gasteiger partial charge is 0.203 e. The van der Waals surface area contributed by atoms with Crippen LogP contribution in [0.2, 0.25) is 0 Å². The Morgan fingerprint density at radius 1 is 0.933 bits per heavy atom. The van der Waals surface area contributed by atoms with E-state index in [1.54, 1.807) is 21.3 Å². The van der Waals surface area contributed by atoms with Gasteiger partial charge in [0.1, 0.15) is 0 Å². The molecule has 0 spiro atoms. The maximum absolute atomic E-state index is 5.29. The molecular weight excluding hydrogens is 192 g/mol. The molecule has 1 fully saturated rings. The third-order valence-corrected chi connectivity index (χ3v) is 2.74. The minimum atomic E-state index is 0.671. The summed E-state index contributed by atoms with van der Waals surface area (Å²) in [5.41, 5.74) is 1.28. The zero-order chi connectivity index (χ0) is 10.8. The maximum Gasteiger partial charge on any atom is 0.203 e. The van der Waals surface area contributed by atoms with E-state index in [4.69, 9.17) is 14.2 Å². The molecule has 0 aliphatic heterocycles. The van der Waals surface area contributed by atoms with Gasteiger partial charge in [-0.05, 0) is 36.5 Å². The molecule has 1 aliphatic carbocycles. The Hall–Kier alpha value is -1.38. The molecule has 1 saturated carbocycles. The highest BCUT2D eigenvalue weighted by atomic mass is 16.5. The second-order valence-electron chi connectivity index (χ2n) is 3.73. The number of ether oxygens (including phenoxy) is 3. The van der Waals surface area contributed by atoms with Crippen LogP contribution < -0.4 is 14.2 Å². The first-order chi connectivity index (χ1) is 7.30. The van der Waals surface area contributed by atoms with E-state index in [2.05, 4.69) is 0 Å². The lowest BCUT2D eigenvalue weighted by atomic mass is 10.1. The normalized spacial score (nSPS) is 14.9. The van der Waals surface area contributed by atoms with Crippen LogP contribution in [0.15, 0.2) is 12.1 Å². The second-order valence-corrected chi connectivity index (χ2v) is 3.73. The van der Waals surface area contributed by atoms with E-state index < -0.39 is 0 Å². The van der Waals surface area contributed by atoms with Crippen molar-refractivity contribution >= 4 is 0 Å². The van der Waals surface area contributed by atoms with Crippen LogP contribution in [0.3, 0.4) is 0 Å². The summed E-state index contributed by atoms with van der Waals surface area (Å²) in [6.07, 6.45) is 2.53. The highest BCUT2D eigenvalue weighted by molar-refractivity contribution is 5.55. The van der Waals surface area contributed by atoms with Crippen molar-refractivity contribution in [2.45, 2.75) is 18.8 Å². The van der Waals surface area contributed by atoms with Gasteiger partial charge in [-0.1, -0.05) is 0 Å². The van der Waals surface area contributed by atoms with Crippen molar-refractivity contribution in [3.05, 3.63) is 17.7 Å². The molecule has 0 heterocycles. The monoisotopic (exact) mass is 208 g/mol. The first-order valence-electron chi connectivity index (χ1n) is 5.10. The molecule has 2 rings (SSSR count). The fourth-order valence-electron chi connectivity index (χ4n) is 1.75. The molecule has 0 radical (unpaired) electrons. The molecule has 0 atom stereocenters. The standard InChI is InChI=1S/C12H16O3/c1-13-10-6-9(8-4-5-8)7-11(14-2)12(10)15-3/h6-8H,4-5H2,1-3H3. The molecule has 0 bridgehead atoms. The molecule has 0 amide bonds. The quantitative estimate of drug-likeness (QED) is 0.761. The summed E-state index contributed by atoms with van der Waals surface area (Å²) < 4.78 is 15.8. The number of benzene rings is 1. The van der Waals surface area contributed by atoms with Crippen LogP contribution >= 0.6 is 0 Å². The van der Waals surface area contributed by atoms with Gasteiger partial charge in [-0.2, -0.15) is 0 Å². The van der Waals surface area contributed by atoms with Gasteiger partial charge in [-0.15, -0.1) is 0 Å². The van der Waals surface area contributed by atoms with Gasteiger partial charge in [0.15, 0.2) is 11.5 Å². The van der Waals surface area contributed by atoms with Crippen LogP contribution in [0.5, 0.6) is 17.2 Å². The minimum absolute atomic E-state index is 0.671. The Morgan fingerprint density at radius 3 is 1.80 bits per heavy atom. The largest absolute Gasteiger partial charge is 0.493 e. The number of rotatable bonds is 4. The Labute approximate surface area is 90.0 Å². The van der Waals surface area contributed by atoms with E-state index >= 15 is 0 Å². The third kappa shape index (κ3) is 1.87. The third-order valence-electron chi connectivity index (χ3n) is 2.74. The average Bonchev–Trinajstić information content (AvgIpc) is 3.10. The molecule has 1 aromatic rings. The molecule has 3 heteroatoms. The van der Waals surface area contributed by atoms with Gasteiger partial charge >= 0.3 is 0 Å². The minimum Gasteiger partial charge on any atom is -0.493 e. The fourth-order valence-corrected chi connectivity index (χ4v) is 1.75.